The Morgan fingerprint density at radius 1 is 1.09 bits per heavy atom. The van der Waals surface area contributed by atoms with Gasteiger partial charge in [0.25, 0.3) is 5.91 Å². The van der Waals surface area contributed by atoms with E-state index in [0.29, 0.717) is 44.2 Å². The van der Waals surface area contributed by atoms with Gasteiger partial charge >= 0.3 is 0 Å². The van der Waals surface area contributed by atoms with E-state index in [1.54, 1.807) is 27.8 Å². The van der Waals surface area contributed by atoms with E-state index < -0.39 is 0 Å². The van der Waals surface area contributed by atoms with Crippen LogP contribution in [0.5, 0.6) is 5.75 Å². The predicted octanol–water partition coefficient (Wildman–Crippen LogP) is 2.66. The quantitative estimate of drug-likeness (QED) is 0.561. The van der Waals surface area contributed by atoms with E-state index in [1.807, 2.05) is 32.0 Å². The van der Waals surface area contributed by atoms with Crippen molar-refractivity contribution in [2.24, 2.45) is 0 Å². The number of amides is 2. The van der Waals surface area contributed by atoms with Gasteiger partial charge in [0.2, 0.25) is 11.3 Å². The number of anilines is 1. The number of nitrogens with one attached hydrogen (secondary N) is 1. The van der Waals surface area contributed by atoms with Crippen molar-refractivity contribution in [1.29, 1.82) is 0 Å². The van der Waals surface area contributed by atoms with Crippen molar-refractivity contribution in [2.75, 3.05) is 38.6 Å². The van der Waals surface area contributed by atoms with Gasteiger partial charge in [0.1, 0.15) is 6.54 Å². The van der Waals surface area contributed by atoms with Crippen LogP contribution >= 0.6 is 0 Å². The van der Waals surface area contributed by atoms with E-state index in [4.69, 9.17) is 9.15 Å². The molecule has 0 unspecified atom stereocenters. The fraction of sp³-hybridized carbons (Fsp3) is 0.346. The molecule has 3 aromatic rings. The topological polar surface area (TPSA) is 97.0 Å². The molecule has 1 fully saturated rings. The first-order chi connectivity index (χ1) is 16.9. The minimum atomic E-state index is -0.236. The van der Waals surface area contributed by atoms with Crippen molar-refractivity contribution >= 4 is 17.5 Å². The Balaban J connectivity index is 1.45. The zero-order chi connectivity index (χ0) is 24.9. The summed E-state index contributed by atoms with van der Waals surface area (Å²) in [6.45, 7) is 6.85. The molecule has 1 N–H and O–H groups in total. The van der Waals surface area contributed by atoms with Crippen LogP contribution < -0.4 is 15.5 Å². The van der Waals surface area contributed by atoms with Gasteiger partial charge in [-0.15, -0.1) is 0 Å². The highest BCUT2D eigenvalue weighted by Crippen LogP contribution is 2.19. The van der Waals surface area contributed by atoms with Crippen LogP contribution in [0.2, 0.25) is 0 Å². The molecule has 0 radical (unpaired) electrons. The molecule has 0 bridgehead atoms. The van der Waals surface area contributed by atoms with Crippen LogP contribution in [0.1, 0.15) is 27.4 Å². The van der Waals surface area contributed by atoms with Gasteiger partial charge in [0.05, 0.1) is 19.6 Å². The van der Waals surface area contributed by atoms with E-state index in [9.17, 15) is 14.4 Å². The van der Waals surface area contributed by atoms with E-state index >= 15 is 0 Å². The standard InChI is InChI=1S/C26H30N4O5/c1-18-6-4-7-21(19(18)2)27-25(32)17-30-16-24(34-3)22(31)14-20(30)15-28-9-11-29(12-10-28)26(33)23-8-5-13-35-23/h4-8,13-14,16H,9-12,15,17H2,1-3H3,(H,27,32). The summed E-state index contributed by atoms with van der Waals surface area (Å²) in [7, 11) is 1.44. The third-order valence-corrected chi connectivity index (χ3v) is 6.37. The molecule has 2 amide bonds. The fourth-order valence-electron chi connectivity index (χ4n) is 4.16. The Kier molecular flexibility index (Phi) is 7.36. The highest BCUT2D eigenvalue weighted by molar-refractivity contribution is 5.92. The molecule has 1 saturated heterocycles. The summed E-state index contributed by atoms with van der Waals surface area (Å²) >= 11 is 0. The van der Waals surface area contributed by atoms with Gasteiger partial charge in [0.15, 0.2) is 11.5 Å². The molecule has 1 aromatic carbocycles. The second kappa shape index (κ2) is 10.6. The summed E-state index contributed by atoms with van der Waals surface area (Å²) in [6.07, 6.45) is 3.07. The maximum Gasteiger partial charge on any atom is 0.289 e. The molecular weight excluding hydrogens is 448 g/mol. The number of aryl methyl sites for hydroxylation is 1. The molecule has 0 aliphatic carbocycles. The molecular formula is C26H30N4O5. The fourth-order valence-corrected chi connectivity index (χ4v) is 4.16. The van der Waals surface area contributed by atoms with Crippen molar-refractivity contribution < 1.29 is 18.7 Å². The number of carbonyl (C=O) groups is 2. The number of methoxy groups -OCH3 is 1. The molecule has 3 heterocycles. The molecule has 4 rings (SSSR count). The Hall–Kier alpha value is -3.85. The average Bonchev–Trinajstić information content (AvgIpc) is 3.39. The molecule has 9 heteroatoms. The van der Waals surface area contributed by atoms with Gasteiger partial charge in [-0.05, 0) is 43.2 Å². The Morgan fingerprint density at radius 3 is 2.54 bits per heavy atom. The van der Waals surface area contributed by atoms with Crippen molar-refractivity contribution in [3.63, 3.8) is 0 Å². The molecule has 1 aliphatic heterocycles. The largest absolute Gasteiger partial charge is 0.491 e. The van der Waals surface area contributed by atoms with E-state index in [1.165, 1.54) is 19.4 Å². The van der Waals surface area contributed by atoms with E-state index in [2.05, 4.69) is 10.2 Å². The lowest BCUT2D eigenvalue weighted by Crippen LogP contribution is -2.48. The van der Waals surface area contributed by atoms with Crippen molar-refractivity contribution in [3.05, 3.63) is 81.7 Å². The third kappa shape index (κ3) is 5.63. The van der Waals surface area contributed by atoms with Crippen LogP contribution in [-0.4, -0.2) is 59.5 Å². The first-order valence-corrected chi connectivity index (χ1v) is 11.5. The molecule has 184 valence electrons. The normalized spacial score (nSPS) is 14.1. The molecule has 9 nitrogen and oxygen atoms in total. The molecule has 0 saturated carbocycles. The first-order valence-electron chi connectivity index (χ1n) is 11.5. The zero-order valence-electron chi connectivity index (χ0n) is 20.2. The SMILES string of the molecule is COc1cn(CC(=O)Nc2cccc(C)c2C)c(CN2CCN(C(=O)c3ccco3)CC2)cc1=O. The lowest BCUT2D eigenvalue weighted by molar-refractivity contribution is -0.116. The van der Waals surface area contributed by atoms with Crippen molar-refractivity contribution in [1.82, 2.24) is 14.4 Å². The average molecular weight is 479 g/mol. The summed E-state index contributed by atoms with van der Waals surface area (Å²) in [5.74, 6) is 0.193. The monoisotopic (exact) mass is 478 g/mol. The lowest BCUT2D eigenvalue weighted by Gasteiger charge is -2.34. The number of hydrogen-bond acceptors (Lipinski definition) is 6. The van der Waals surface area contributed by atoms with Gasteiger partial charge in [-0.2, -0.15) is 0 Å². The molecule has 0 atom stereocenters. The van der Waals surface area contributed by atoms with Gasteiger partial charge in [-0.25, -0.2) is 0 Å². The van der Waals surface area contributed by atoms with Crippen LogP contribution in [0.15, 0.2) is 58.1 Å². The molecule has 2 aromatic heterocycles. The number of aromatic nitrogens is 1. The number of furan rings is 1. The summed E-state index contributed by atoms with van der Waals surface area (Å²) < 4.78 is 12.2. The number of ether oxygens (including phenoxy) is 1. The third-order valence-electron chi connectivity index (χ3n) is 6.37. The molecule has 35 heavy (non-hydrogen) atoms. The number of nitrogens with zero attached hydrogens (tertiary/aromatic N) is 3. The highest BCUT2D eigenvalue weighted by atomic mass is 16.5. The van der Waals surface area contributed by atoms with Crippen LogP contribution in [-0.2, 0) is 17.9 Å². The van der Waals surface area contributed by atoms with Gasteiger partial charge in [-0.3, -0.25) is 19.3 Å². The first kappa shape index (κ1) is 24.3. The summed E-state index contributed by atoms with van der Waals surface area (Å²) in [6, 6.07) is 10.7. The predicted molar refractivity (Wildman–Crippen MR) is 132 cm³/mol. The second-order valence-electron chi connectivity index (χ2n) is 8.67. The van der Waals surface area contributed by atoms with E-state index in [0.717, 1.165) is 16.8 Å². The number of carbonyl (C=O) groups excluding carboxylic acids is 2. The summed E-state index contributed by atoms with van der Waals surface area (Å²) in [5, 5.41) is 2.97. The minimum Gasteiger partial charge on any atom is -0.491 e. The number of hydrogen-bond donors (Lipinski definition) is 1. The molecule has 0 spiro atoms. The Bertz CT molecular complexity index is 1260. The van der Waals surface area contributed by atoms with Crippen molar-refractivity contribution in [2.45, 2.75) is 26.9 Å². The maximum atomic E-state index is 12.9. The van der Waals surface area contributed by atoms with Crippen LogP contribution in [0.3, 0.4) is 0 Å². The number of benzene rings is 1. The van der Waals surface area contributed by atoms with Crippen LogP contribution in [0, 0.1) is 13.8 Å². The van der Waals surface area contributed by atoms with Crippen LogP contribution in [0.4, 0.5) is 5.69 Å². The summed E-state index contributed by atoms with van der Waals surface area (Å²) in [4.78, 5) is 41.8. The highest BCUT2D eigenvalue weighted by Gasteiger charge is 2.24. The van der Waals surface area contributed by atoms with E-state index in [-0.39, 0.29) is 29.5 Å². The number of rotatable bonds is 7. The van der Waals surface area contributed by atoms with Gasteiger partial charge < -0.3 is 23.9 Å². The number of piperazine rings is 1. The molecule has 1 aliphatic rings. The Labute approximate surface area is 203 Å². The smallest absolute Gasteiger partial charge is 0.289 e. The minimum absolute atomic E-state index is 0.0380. The maximum absolute atomic E-state index is 12.9. The Morgan fingerprint density at radius 2 is 1.86 bits per heavy atom. The number of pyridine rings is 1. The van der Waals surface area contributed by atoms with Gasteiger partial charge in [0, 0.05) is 50.2 Å². The van der Waals surface area contributed by atoms with Gasteiger partial charge in [-0.1, -0.05) is 12.1 Å². The second-order valence-corrected chi connectivity index (χ2v) is 8.67. The van der Waals surface area contributed by atoms with Crippen LogP contribution in [0.25, 0.3) is 0 Å². The zero-order valence-corrected chi connectivity index (χ0v) is 20.2. The van der Waals surface area contributed by atoms with Crippen molar-refractivity contribution in [3.8, 4) is 5.75 Å². The lowest BCUT2D eigenvalue weighted by atomic mass is 10.1. The summed E-state index contributed by atoms with van der Waals surface area (Å²) in [5.41, 5.74) is 3.35.